The Bertz CT molecular complexity index is 522. The molecule has 0 aromatic heterocycles. The van der Waals surface area contributed by atoms with Crippen molar-refractivity contribution in [1.82, 2.24) is 4.90 Å². The molecule has 106 valence electrons. The monoisotopic (exact) mass is 269 g/mol. The third-order valence-corrected chi connectivity index (χ3v) is 3.73. The molecule has 0 aliphatic carbocycles. The van der Waals surface area contributed by atoms with Gasteiger partial charge in [-0.15, -0.1) is 0 Å². The Morgan fingerprint density at radius 2 is 1.85 bits per heavy atom. The van der Waals surface area contributed by atoms with Crippen LogP contribution < -0.4 is 0 Å². The zero-order valence-corrected chi connectivity index (χ0v) is 12.4. The minimum Gasteiger partial charge on any atom is -0.339 e. The molecule has 2 heteroatoms. The van der Waals surface area contributed by atoms with Gasteiger partial charge in [-0.3, -0.25) is 4.79 Å². The van der Waals surface area contributed by atoms with Crippen LogP contribution in [-0.2, 0) is 4.79 Å². The molecule has 1 heterocycles. The summed E-state index contributed by atoms with van der Waals surface area (Å²) in [5, 5.41) is 0. The predicted molar refractivity (Wildman–Crippen MR) is 84.5 cm³/mol. The second-order valence-electron chi connectivity index (χ2n) is 5.46. The maximum Gasteiger partial charge on any atom is 0.246 e. The lowest BCUT2D eigenvalue weighted by molar-refractivity contribution is -0.126. The molecule has 1 fully saturated rings. The molecule has 1 aliphatic heterocycles. The Balaban J connectivity index is 1.93. The molecule has 1 aromatic carbocycles. The molecule has 2 nitrogen and oxygen atoms in total. The van der Waals surface area contributed by atoms with Gasteiger partial charge in [0.25, 0.3) is 0 Å². The zero-order valence-electron chi connectivity index (χ0n) is 12.4. The van der Waals surface area contributed by atoms with Crippen molar-refractivity contribution in [2.24, 2.45) is 0 Å². The number of piperidine rings is 1. The smallest absolute Gasteiger partial charge is 0.246 e. The highest BCUT2D eigenvalue weighted by Crippen LogP contribution is 2.12. The molecule has 2 rings (SSSR count). The van der Waals surface area contributed by atoms with Gasteiger partial charge in [-0.05, 0) is 44.2 Å². The van der Waals surface area contributed by atoms with Crippen LogP contribution in [0.4, 0.5) is 0 Å². The second-order valence-corrected chi connectivity index (χ2v) is 5.46. The summed E-state index contributed by atoms with van der Waals surface area (Å²) in [6, 6.07) is 6.39. The summed E-state index contributed by atoms with van der Waals surface area (Å²) in [6.07, 6.45) is 11.0. The first-order valence-electron chi connectivity index (χ1n) is 7.38. The molecule has 1 aliphatic rings. The predicted octanol–water partition coefficient (Wildman–Crippen LogP) is 3.89. The third-order valence-electron chi connectivity index (χ3n) is 3.73. The molecule has 1 aromatic rings. The molecule has 0 unspecified atom stereocenters. The number of allylic oxidation sites excluding steroid dienone is 2. The van der Waals surface area contributed by atoms with Crippen molar-refractivity contribution in [2.75, 3.05) is 13.1 Å². The molecule has 0 radical (unpaired) electrons. The molecule has 0 spiro atoms. The van der Waals surface area contributed by atoms with Crippen molar-refractivity contribution < 1.29 is 4.79 Å². The summed E-state index contributed by atoms with van der Waals surface area (Å²) in [4.78, 5) is 13.9. The van der Waals surface area contributed by atoms with Gasteiger partial charge in [-0.1, -0.05) is 42.0 Å². The fourth-order valence-corrected chi connectivity index (χ4v) is 2.46. The number of hydrogen-bond acceptors (Lipinski definition) is 1. The van der Waals surface area contributed by atoms with Crippen LogP contribution in [-0.4, -0.2) is 23.9 Å². The van der Waals surface area contributed by atoms with E-state index in [1.807, 2.05) is 17.1 Å². The maximum absolute atomic E-state index is 11.9. The number of likely N-dealkylation sites (tertiary alicyclic amines) is 1. The van der Waals surface area contributed by atoms with Gasteiger partial charge < -0.3 is 4.90 Å². The van der Waals surface area contributed by atoms with Crippen LogP contribution in [0.5, 0.6) is 0 Å². The first kappa shape index (κ1) is 14.6. The topological polar surface area (TPSA) is 20.3 Å². The van der Waals surface area contributed by atoms with E-state index >= 15 is 0 Å². The number of aryl methyl sites for hydroxylation is 2. The lowest BCUT2D eigenvalue weighted by Crippen LogP contribution is -2.34. The zero-order chi connectivity index (χ0) is 14.4. The van der Waals surface area contributed by atoms with Crippen LogP contribution in [0.15, 0.2) is 36.4 Å². The Labute approximate surface area is 121 Å². The van der Waals surface area contributed by atoms with Crippen molar-refractivity contribution in [2.45, 2.75) is 33.1 Å². The molecule has 1 saturated heterocycles. The number of hydrogen-bond donors (Lipinski definition) is 0. The van der Waals surface area contributed by atoms with E-state index in [4.69, 9.17) is 0 Å². The van der Waals surface area contributed by atoms with Crippen molar-refractivity contribution in [3.8, 4) is 0 Å². The SMILES string of the molecule is Cc1ccc(C)c(/C=C/C=C\C(=O)N2CCCCC2)c1. The fraction of sp³-hybridized carbons (Fsp3) is 0.389. The van der Waals surface area contributed by atoms with Crippen molar-refractivity contribution in [3.63, 3.8) is 0 Å². The van der Waals surface area contributed by atoms with E-state index in [1.54, 1.807) is 6.08 Å². The van der Waals surface area contributed by atoms with Crippen LogP contribution in [0.3, 0.4) is 0 Å². The molecular weight excluding hydrogens is 246 g/mol. The molecular formula is C18H23NO. The Morgan fingerprint density at radius 3 is 2.60 bits per heavy atom. The molecule has 0 N–H and O–H groups in total. The Hall–Kier alpha value is -1.83. The van der Waals surface area contributed by atoms with Gasteiger partial charge in [0, 0.05) is 19.2 Å². The Morgan fingerprint density at radius 1 is 1.10 bits per heavy atom. The van der Waals surface area contributed by atoms with Crippen LogP contribution in [0.1, 0.15) is 36.0 Å². The largest absolute Gasteiger partial charge is 0.339 e. The van der Waals surface area contributed by atoms with Crippen molar-refractivity contribution in [3.05, 3.63) is 53.1 Å². The number of carbonyl (C=O) groups excluding carboxylic acids is 1. The van der Waals surface area contributed by atoms with Gasteiger partial charge in [0.1, 0.15) is 0 Å². The van der Waals surface area contributed by atoms with E-state index in [9.17, 15) is 4.79 Å². The number of rotatable bonds is 3. The fourth-order valence-electron chi connectivity index (χ4n) is 2.46. The first-order chi connectivity index (χ1) is 9.66. The van der Waals surface area contributed by atoms with Gasteiger partial charge in [0.15, 0.2) is 0 Å². The van der Waals surface area contributed by atoms with Crippen LogP contribution in [0, 0.1) is 13.8 Å². The maximum atomic E-state index is 11.9. The van der Waals surface area contributed by atoms with Crippen LogP contribution >= 0.6 is 0 Å². The van der Waals surface area contributed by atoms with E-state index in [-0.39, 0.29) is 5.91 Å². The van der Waals surface area contributed by atoms with Crippen LogP contribution in [0.2, 0.25) is 0 Å². The molecule has 0 bridgehead atoms. The third kappa shape index (κ3) is 4.09. The summed E-state index contributed by atoms with van der Waals surface area (Å²) < 4.78 is 0. The average Bonchev–Trinajstić information content (AvgIpc) is 2.47. The second kappa shape index (κ2) is 7.09. The van der Waals surface area contributed by atoms with Gasteiger partial charge in [0.2, 0.25) is 5.91 Å². The minimum absolute atomic E-state index is 0.135. The number of amides is 1. The molecule has 20 heavy (non-hydrogen) atoms. The normalized spacial score (nSPS) is 16.2. The van der Waals surface area contributed by atoms with E-state index in [0.717, 1.165) is 25.9 Å². The first-order valence-corrected chi connectivity index (χ1v) is 7.38. The standard InChI is InChI=1S/C18H23NO/c1-15-10-11-16(2)17(14-15)8-4-5-9-18(20)19-12-6-3-7-13-19/h4-5,8-11,14H,3,6-7,12-13H2,1-2H3/b8-4+,9-5-. The summed E-state index contributed by atoms with van der Waals surface area (Å²) >= 11 is 0. The minimum atomic E-state index is 0.135. The lowest BCUT2D eigenvalue weighted by Gasteiger charge is -2.25. The van der Waals surface area contributed by atoms with Gasteiger partial charge >= 0.3 is 0 Å². The van der Waals surface area contributed by atoms with Gasteiger partial charge in [-0.2, -0.15) is 0 Å². The van der Waals surface area contributed by atoms with Gasteiger partial charge in [0.05, 0.1) is 0 Å². The van der Waals surface area contributed by atoms with E-state index in [0.29, 0.717) is 0 Å². The molecule has 0 saturated carbocycles. The lowest BCUT2D eigenvalue weighted by atomic mass is 10.1. The van der Waals surface area contributed by atoms with E-state index in [1.165, 1.54) is 23.1 Å². The van der Waals surface area contributed by atoms with Crippen molar-refractivity contribution in [1.29, 1.82) is 0 Å². The van der Waals surface area contributed by atoms with Crippen molar-refractivity contribution >= 4 is 12.0 Å². The van der Waals surface area contributed by atoms with Gasteiger partial charge in [-0.25, -0.2) is 0 Å². The number of nitrogens with zero attached hydrogens (tertiary/aromatic N) is 1. The number of carbonyl (C=O) groups is 1. The highest BCUT2D eigenvalue weighted by Gasteiger charge is 2.13. The highest BCUT2D eigenvalue weighted by atomic mass is 16.2. The highest BCUT2D eigenvalue weighted by molar-refractivity contribution is 5.88. The van der Waals surface area contributed by atoms with E-state index in [2.05, 4.69) is 38.1 Å². The summed E-state index contributed by atoms with van der Waals surface area (Å²) in [5.41, 5.74) is 3.71. The summed E-state index contributed by atoms with van der Waals surface area (Å²) in [7, 11) is 0. The summed E-state index contributed by atoms with van der Waals surface area (Å²) in [6.45, 7) is 6.00. The number of benzene rings is 1. The molecule has 0 atom stereocenters. The summed E-state index contributed by atoms with van der Waals surface area (Å²) in [5.74, 6) is 0.135. The average molecular weight is 269 g/mol. The Kier molecular flexibility index (Phi) is 5.16. The quantitative estimate of drug-likeness (QED) is 0.602. The molecule has 1 amide bonds. The van der Waals surface area contributed by atoms with E-state index < -0.39 is 0 Å². The van der Waals surface area contributed by atoms with Crippen LogP contribution in [0.25, 0.3) is 6.08 Å².